The molecule has 0 fully saturated rings. The van der Waals surface area contributed by atoms with Crippen LogP contribution < -0.4 is 15.2 Å². The van der Waals surface area contributed by atoms with Gasteiger partial charge in [0.05, 0.1) is 25.8 Å². The van der Waals surface area contributed by atoms with Crippen LogP contribution in [-0.4, -0.2) is 38.7 Å². The van der Waals surface area contributed by atoms with Crippen LogP contribution in [0.4, 0.5) is 0 Å². The number of rotatable bonds is 7. The van der Waals surface area contributed by atoms with Crippen LogP contribution in [-0.2, 0) is 6.54 Å². The highest BCUT2D eigenvalue weighted by Gasteiger charge is 2.18. The first-order valence-electron chi connectivity index (χ1n) is 10.9. The number of ether oxygens (including phenoxy) is 2. The maximum Gasteiger partial charge on any atom is 0.351 e. The molecule has 0 radical (unpaired) electrons. The molecule has 0 N–H and O–H groups in total. The van der Waals surface area contributed by atoms with Crippen molar-refractivity contribution in [2.75, 3.05) is 13.7 Å². The predicted octanol–water partition coefficient (Wildman–Crippen LogP) is 4.00. The number of para-hydroxylation sites is 1. The van der Waals surface area contributed by atoms with Crippen LogP contribution in [0.2, 0.25) is 0 Å². The van der Waals surface area contributed by atoms with Crippen LogP contribution in [0, 0.1) is 0 Å². The zero-order valence-electron chi connectivity index (χ0n) is 18.8. The van der Waals surface area contributed by atoms with Crippen molar-refractivity contribution < 1.29 is 14.3 Å². The second-order valence-corrected chi connectivity index (χ2v) is 7.67. The molecule has 0 aliphatic rings. The summed E-state index contributed by atoms with van der Waals surface area (Å²) in [5.41, 5.74) is 1.88. The Labute approximate surface area is 195 Å². The van der Waals surface area contributed by atoms with Crippen molar-refractivity contribution in [3.63, 3.8) is 0 Å². The molecule has 8 nitrogen and oxygen atoms in total. The Morgan fingerprint density at radius 3 is 2.35 bits per heavy atom. The van der Waals surface area contributed by atoms with E-state index in [1.54, 1.807) is 31.4 Å². The van der Waals surface area contributed by atoms with Crippen molar-refractivity contribution in [1.29, 1.82) is 0 Å². The fraction of sp³-hybridized carbons (Fsp3) is 0.154. The third kappa shape index (κ3) is 3.79. The molecule has 3 aromatic carbocycles. The van der Waals surface area contributed by atoms with Crippen LogP contribution in [0.1, 0.15) is 17.3 Å². The Hall–Kier alpha value is -4.46. The van der Waals surface area contributed by atoms with Crippen molar-refractivity contribution >= 4 is 22.3 Å². The van der Waals surface area contributed by atoms with Gasteiger partial charge in [0.15, 0.2) is 17.3 Å². The SMILES string of the molecule is CCOc1ccc(C(=O)Cn2c(=O)n3nc(-c4ccc(OC)cc4)nc3c3ccccc32)cc1. The second-order valence-electron chi connectivity index (χ2n) is 7.67. The number of Topliss-reactive ketones (excluding diaryl/α,β-unsaturated/α-hetero) is 1. The normalized spacial score (nSPS) is 11.1. The molecule has 0 unspecified atom stereocenters. The maximum absolute atomic E-state index is 13.4. The van der Waals surface area contributed by atoms with Crippen LogP contribution in [0.25, 0.3) is 27.9 Å². The number of benzene rings is 3. The number of carbonyl (C=O) groups excluding carboxylic acids is 1. The second kappa shape index (κ2) is 8.82. The zero-order chi connectivity index (χ0) is 23.7. The highest BCUT2D eigenvalue weighted by atomic mass is 16.5. The van der Waals surface area contributed by atoms with Gasteiger partial charge in [-0.15, -0.1) is 5.10 Å². The number of methoxy groups -OCH3 is 1. The van der Waals surface area contributed by atoms with E-state index in [1.165, 1.54) is 9.08 Å². The van der Waals surface area contributed by atoms with Crippen molar-refractivity contribution in [3.05, 3.63) is 88.8 Å². The summed E-state index contributed by atoms with van der Waals surface area (Å²) in [7, 11) is 1.60. The first kappa shape index (κ1) is 21.4. The number of hydrogen-bond acceptors (Lipinski definition) is 6. The molecule has 5 rings (SSSR count). The van der Waals surface area contributed by atoms with Crippen molar-refractivity contribution in [3.8, 4) is 22.9 Å². The third-order valence-corrected chi connectivity index (χ3v) is 5.59. The molecule has 34 heavy (non-hydrogen) atoms. The summed E-state index contributed by atoms with van der Waals surface area (Å²) >= 11 is 0. The lowest BCUT2D eigenvalue weighted by atomic mass is 10.1. The molecule has 2 heterocycles. The predicted molar refractivity (Wildman–Crippen MR) is 129 cm³/mol. The topological polar surface area (TPSA) is 87.7 Å². The quantitative estimate of drug-likeness (QED) is 0.346. The molecule has 0 atom stereocenters. The first-order chi connectivity index (χ1) is 16.6. The molecule has 0 bridgehead atoms. The van der Waals surface area contributed by atoms with Gasteiger partial charge in [-0.05, 0) is 67.6 Å². The van der Waals surface area contributed by atoms with Gasteiger partial charge in [-0.3, -0.25) is 9.36 Å². The third-order valence-electron chi connectivity index (χ3n) is 5.59. The minimum absolute atomic E-state index is 0.124. The van der Waals surface area contributed by atoms with Crippen molar-refractivity contribution in [2.45, 2.75) is 13.5 Å². The Balaban J connectivity index is 1.59. The molecule has 0 saturated heterocycles. The number of fused-ring (bicyclic) bond motifs is 3. The van der Waals surface area contributed by atoms with Gasteiger partial charge in [-0.25, -0.2) is 9.78 Å². The fourth-order valence-electron chi connectivity index (χ4n) is 3.89. The van der Waals surface area contributed by atoms with Crippen LogP contribution in [0.3, 0.4) is 0 Å². The summed E-state index contributed by atoms with van der Waals surface area (Å²) in [5, 5.41) is 5.19. The molecule has 0 saturated carbocycles. The summed E-state index contributed by atoms with van der Waals surface area (Å²) < 4.78 is 13.3. The van der Waals surface area contributed by atoms with Gasteiger partial charge in [0.25, 0.3) is 0 Å². The van der Waals surface area contributed by atoms with Crippen LogP contribution >= 0.6 is 0 Å². The molecule has 5 aromatic rings. The Morgan fingerprint density at radius 2 is 1.65 bits per heavy atom. The summed E-state index contributed by atoms with van der Waals surface area (Å²) in [6, 6.07) is 21.6. The number of hydrogen-bond donors (Lipinski definition) is 0. The lowest BCUT2D eigenvalue weighted by Gasteiger charge is -2.11. The zero-order valence-corrected chi connectivity index (χ0v) is 18.8. The number of nitrogens with zero attached hydrogens (tertiary/aromatic N) is 4. The molecule has 170 valence electrons. The molecular weight excluding hydrogens is 432 g/mol. The van der Waals surface area contributed by atoms with Gasteiger partial charge in [-0.1, -0.05) is 12.1 Å². The minimum Gasteiger partial charge on any atom is -0.497 e. The number of aromatic nitrogens is 4. The number of ketones is 1. The van der Waals surface area contributed by atoms with E-state index in [9.17, 15) is 9.59 Å². The molecule has 2 aromatic heterocycles. The van der Waals surface area contributed by atoms with Crippen LogP contribution in [0.5, 0.6) is 11.5 Å². The number of carbonyl (C=O) groups is 1. The minimum atomic E-state index is -0.430. The smallest absolute Gasteiger partial charge is 0.351 e. The lowest BCUT2D eigenvalue weighted by molar-refractivity contribution is 0.0971. The van der Waals surface area contributed by atoms with E-state index in [0.717, 1.165) is 10.9 Å². The largest absolute Gasteiger partial charge is 0.497 e. The average molecular weight is 454 g/mol. The van der Waals surface area contributed by atoms with Gasteiger partial charge >= 0.3 is 5.69 Å². The van der Waals surface area contributed by atoms with E-state index in [1.807, 2.05) is 55.5 Å². The molecule has 0 aliphatic heterocycles. The first-order valence-corrected chi connectivity index (χ1v) is 10.9. The highest BCUT2D eigenvalue weighted by molar-refractivity contribution is 5.98. The van der Waals surface area contributed by atoms with Gasteiger partial charge < -0.3 is 9.47 Å². The monoisotopic (exact) mass is 454 g/mol. The standard InChI is InChI=1S/C26H22N4O4/c1-3-34-20-14-8-17(9-15-20)23(31)16-29-22-7-5-4-6-21(22)25-27-24(28-30(25)26(29)32)18-10-12-19(33-2)13-11-18/h4-15H,3,16H2,1-2H3. The lowest BCUT2D eigenvalue weighted by Crippen LogP contribution is -2.30. The fourth-order valence-corrected chi connectivity index (χ4v) is 3.89. The Morgan fingerprint density at radius 1 is 0.941 bits per heavy atom. The Kier molecular flexibility index (Phi) is 5.55. The van der Waals surface area contributed by atoms with Crippen molar-refractivity contribution in [1.82, 2.24) is 19.2 Å². The van der Waals surface area contributed by atoms with Gasteiger partial charge in [0, 0.05) is 16.5 Å². The van der Waals surface area contributed by atoms with Gasteiger partial charge in [0.1, 0.15) is 11.5 Å². The molecule has 0 spiro atoms. The summed E-state index contributed by atoms with van der Waals surface area (Å²) in [6.45, 7) is 2.32. The van der Waals surface area contributed by atoms with Crippen LogP contribution in [0.15, 0.2) is 77.6 Å². The molecule has 0 amide bonds. The van der Waals surface area contributed by atoms with E-state index in [-0.39, 0.29) is 12.3 Å². The van der Waals surface area contributed by atoms with E-state index >= 15 is 0 Å². The molecule has 8 heteroatoms. The Bertz CT molecular complexity index is 1550. The van der Waals surface area contributed by atoms with E-state index in [4.69, 9.17) is 9.47 Å². The van der Waals surface area contributed by atoms with E-state index < -0.39 is 5.69 Å². The summed E-state index contributed by atoms with van der Waals surface area (Å²) in [4.78, 5) is 31.1. The average Bonchev–Trinajstić information content (AvgIpc) is 3.33. The van der Waals surface area contributed by atoms with E-state index in [2.05, 4.69) is 10.1 Å². The molecular formula is C26H22N4O4. The summed E-state index contributed by atoms with van der Waals surface area (Å²) in [5.74, 6) is 1.63. The van der Waals surface area contributed by atoms with Crippen molar-refractivity contribution in [2.24, 2.45) is 0 Å². The van der Waals surface area contributed by atoms with E-state index in [0.29, 0.717) is 40.7 Å². The highest BCUT2D eigenvalue weighted by Crippen LogP contribution is 2.23. The molecule has 0 aliphatic carbocycles. The summed E-state index contributed by atoms with van der Waals surface area (Å²) in [6.07, 6.45) is 0. The van der Waals surface area contributed by atoms with Gasteiger partial charge in [-0.2, -0.15) is 4.52 Å². The maximum atomic E-state index is 13.4. The van der Waals surface area contributed by atoms with Gasteiger partial charge in [0.2, 0.25) is 0 Å².